The van der Waals surface area contributed by atoms with Crippen LogP contribution in [0, 0.1) is 35.5 Å². The van der Waals surface area contributed by atoms with Gasteiger partial charge in [0.2, 0.25) is 5.91 Å². The van der Waals surface area contributed by atoms with Gasteiger partial charge >= 0.3 is 0 Å². The molecule has 4 aliphatic rings. The first kappa shape index (κ1) is 23.4. The van der Waals surface area contributed by atoms with Gasteiger partial charge in [0, 0.05) is 24.9 Å². The Morgan fingerprint density at radius 1 is 0.944 bits per heavy atom. The van der Waals surface area contributed by atoms with Crippen molar-refractivity contribution in [1.29, 1.82) is 0 Å². The molecule has 1 aromatic heterocycles. The van der Waals surface area contributed by atoms with E-state index in [0.717, 1.165) is 45.7 Å². The fourth-order valence-electron chi connectivity index (χ4n) is 7.42. The molecular formula is C30H34FN4O. The number of carbonyl (C=O) groups is 1. The van der Waals surface area contributed by atoms with Crippen molar-refractivity contribution in [2.75, 3.05) is 23.7 Å². The van der Waals surface area contributed by atoms with E-state index in [1.54, 1.807) is 12.1 Å². The van der Waals surface area contributed by atoms with Crippen molar-refractivity contribution in [3.8, 4) is 0 Å². The quantitative estimate of drug-likeness (QED) is 0.319. The Bertz CT molecular complexity index is 1210. The fraction of sp³-hybridized carbons (Fsp3) is 0.433. The van der Waals surface area contributed by atoms with Gasteiger partial charge in [0.1, 0.15) is 11.6 Å². The summed E-state index contributed by atoms with van der Waals surface area (Å²) < 4.78 is 13.0. The molecule has 0 saturated heterocycles. The number of benzene rings is 2. The lowest BCUT2D eigenvalue weighted by atomic mass is 9.49. The molecule has 7 rings (SSSR count). The molecule has 1 radical (unpaired) electrons. The summed E-state index contributed by atoms with van der Waals surface area (Å²) in [6, 6.07) is 16.3. The van der Waals surface area contributed by atoms with Crippen LogP contribution in [0.5, 0.6) is 0 Å². The van der Waals surface area contributed by atoms with E-state index in [1.165, 1.54) is 50.7 Å². The summed E-state index contributed by atoms with van der Waals surface area (Å²) in [5.74, 6) is 3.27. The summed E-state index contributed by atoms with van der Waals surface area (Å²) >= 11 is 0. The molecule has 4 bridgehead atoms. The zero-order chi connectivity index (χ0) is 24.5. The first-order chi connectivity index (χ1) is 17.5. The Hall–Kier alpha value is -2.99. The van der Waals surface area contributed by atoms with Crippen LogP contribution >= 0.6 is 0 Å². The van der Waals surface area contributed by atoms with Crippen LogP contribution in [0.4, 0.5) is 15.9 Å². The van der Waals surface area contributed by atoms with Gasteiger partial charge in [-0.05, 0) is 104 Å². The third kappa shape index (κ3) is 5.10. The zero-order valence-corrected chi connectivity index (χ0v) is 20.6. The number of carbonyl (C=O) groups excluding carboxylic acids is 1. The van der Waals surface area contributed by atoms with Crippen LogP contribution in [-0.2, 0) is 4.79 Å². The molecule has 3 aromatic rings. The van der Waals surface area contributed by atoms with Gasteiger partial charge in [-0.25, -0.2) is 9.37 Å². The highest BCUT2D eigenvalue weighted by molar-refractivity contribution is 6.01. The van der Waals surface area contributed by atoms with Crippen LogP contribution in [-0.4, -0.2) is 24.0 Å². The minimum atomic E-state index is -0.235. The van der Waals surface area contributed by atoms with Crippen molar-refractivity contribution in [1.82, 2.24) is 10.3 Å². The van der Waals surface area contributed by atoms with E-state index in [4.69, 9.17) is 4.98 Å². The largest absolute Gasteiger partial charge is 0.369 e. The molecule has 0 aliphatic heterocycles. The lowest BCUT2D eigenvalue weighted by Gasteiger charge is -2.56. The molecule has 1 heterocycles. The van der Waals surface area contributed by atoms with E-state index in [9.17, 15) is 9.18 Å². The van der Waals surface area contributed by atoms with Crippen molar-refractivity contribution in [3.05, 3.63) is 72.5 Å². The number of pyridine rings is 1. The second-order valence-corrected chi connectivity index (χ2v) is 11.3. The van der Waals surface area contributed by atoms with Crippen LogP contribution in [0.2, 0.25) is 0 Å². The Balaban J connectivity index is 1.04. The Kier molecular flexibility index (Phi) is 6.38. The van der Waals surface area contributed by atoms with Gasteiger partial charge < -0.3 is 16.0 Å². The molecule has 0 unspecified atom stereocenters. The molecule has 36 heavy (non-hydrogen) atoms. The molecule has 4 aliphatic carbocycles. The van der Waals surface area contributed by atoms with E-state index in [1.807, 2.05) is 36.9 Å². The third-order valence-electron chi connectivity index (χ3n) is 8.42. The number of hydrogen-bond donors (Lipinski definition) is 3. The van der Waals surface area contributed by atoms with Crippen molar-refractivity contribution >= 4 is 28.3 Å². The van der Waals surface area contributed by atoms with Gasteiger partial charge in [0.05, 0.1) is 17.7 Å². The third-order valence-corrected chi connectivity index (χ3v) is 8.42. The van der Waals surface area contributed by atoms with Crippen molar-refractivity contribution < 1.29 is 9.18 Å². The van der Waals surface area contributed by atoms with Crippen molar-refractivity contribution in [2.45, 2.75) is 44.9 Å². The minimum absolute atomic E-state index is 0.148. The number of hydrogen-bond acceptors (Lipinski definition) is 4. The smallest absolute Gasteiger partial charge is 0.224 e. The summed E-state index contributed by atoms with van der Waals surface area (Å²) in [5, 5.41) is 10.7. The minimum Gasteiger partial charge on any atom is -0.369 e. The maximum Gasteiger partial charge on any atom is 0.224 e. The first-order valence-corrected chi connectivity index (χ1v) is 13.3. The second kappa shape index (κ2) is 9.81. The van der Waals surface area contributed by atoms with Crippen LogP contribution in [0.15, 0.2) is 54.6 Å². The molecule has 4 saturated carbocycles. The highest BCUT2D eigenvalue weighted by Crippen LogP contribution is 2.61. The van der Waals surface area contributed by atoms with Gasteiger partial charge in [0.15, 0.2) is 0 Å². The summed E-state index contributed by atoms with van der Waals surface area (Å²) in [4.78, 5) is 17.9. The van der Waals surface area contributed by atoms with E-state index < -0.39 is 0 Å². The average molecular weight is 486 g/mol. The zero-order valence-electron chi connectivity index (χ0n) is 20.6. The lowest BCUT2D eigenvalue weighted by molar-refractivity contribution is -0.124. The number of fused-ring (bicyclic) bond motifs is 1. The molecular weight excluding hydrogens is 451 g/mol. The fourth-order valence-corrected chi connectivity index (χ4v) is 7.42. The number of aromatic nitrogens is 1. The molecule has 6 heteroatoms. The summed E-state index contributed by atoms with van der Waals surface area (Å²) in [5.41, 5.74) is 2.87. The van der Waals surface area contributed by atoms with Crippen LogP contribution in [0.1, 0.15) is 50.5 Å². The van der Waals surface area contributed by atoms with Gasteiger partial charge in [-0.15, -0.1) is 0 Å². The number of rotatable bonds is 9. The molecule has 5 nitrogen and oxygen atoms in total. The monoisotopic (exact) mass is 485 g/mol. The maximum atomic E-state index is 13.2. The van der Waals surface area contributed by atoms with Gasteiger partial charge in [-0.2, -0.15) is 0 Å². The molecule has 3 N–H and O–H groups in total. The molecule has 1 amide bonds. The van der Waals surface area contributed by atoms with Crippen molar-refractivity contribution in [2.24, 2.45) is 23.2 Å². The normalized spacial score (nSPS) is 26.3. The first-order valence-electron chi connectivity index (χ1n) is 13.3. The van der Waals surface area contributed by atoms with Gasteiger partial charge in [-0.3, -0.25) is 4.79 Å². The SMILES string of the molecule is O=C(CC12CC3CC(CC(C3)C1)C2)Nc1cccc2nc(NCCN[CH]c3ccc(F)cc3)ccc12. The van der Waals surface area contributed by atoms with E-state index in [2.05, 4.69) is 16.0 Å². The van der Waals surface area contributed by atoms with Crippen LogP contribution < -0.4 is 16.0 Å². The summed E-state index contributed by atoms with van der Waals surface area (Å²) in [6.07, 6.45) is 8.58. The predicted molar refractivity (Wildman–Crippen MR) is 142 cm³/mol. The number of halogens is 1. The summed E-state index contributed by atoms with van der Waals surface area (Å²) in [6.45, 7) is 3.27. The lowest BCUT2D eigenvalue weighted by Crippen LogP contribution is -2.47. The van der Waals surface area contributed by atoms with Crippen molar-refractivity contribution in [3.63, 3.8) is 0 Å². The van der Waals surface area contributed by atoms with Crippen LogP contribution in [0.25, 0.3) is 10.9 Å². The average Bonchev–Trinajstić information content (AvgIpc) is 2.84. The van der Waals surface area contributed by atoms with Crippen LogP contribution in [0.3, 0.4) is 0 Å². The van der Waals surface area contributed by atoms with E-state index in [0.29, 0.717) is 19.5 Å². The Morgan fingerprint density at radius 2 is 1.67 bits per heavy atom. The highest BCUT2D eigenvalue weighted by atomic mass is 19.1. The maximum absolute atomic E-state index is 13.2. The molecule has 187 valence electrons. The number of nitrogens with one attached hydrogen (secondary N) is 3. The number of anilines is 2. The van der Waals surface area contributed by atoms with Gasteiger partial charge in [0.25, 0.3) is 0 Å². The molecule has 4 fully saturated rings. The number of amides is 1. The van der Waals surface area contributed by atoms with E-state index >= 15 is 0 Å². The second-order valence-electron chi connectivity index (χ2n) is 11.3. The number of nitrogens with zero attached hydrogens (tertiary/aromatic N) is 1. The van der Waals surface area contributed by atoms with E-state index in [-0.39, 0.29) is 17.1 Å². The summed E-state index contributed by atoms with van der Waals surface area (Å²) in [7, 11) is 0. The predicted octanol–water partition coefficient (Wildman–Crippen LogP) is 6.13. The molecule has 0 atom stereocenters. The Morgan fingerprint density at radius 3 is 2.39 bits per heavy atom. The Labute approximate surface area is 212 Å². The standard InChI is InChI=1S/C30H34FN4O/c31-24-6-4-20(5-7-24)19-32-10-11-33-28-9-8-25-26(34-28)2-1-3-27(25)35-29(36)18-30-15-21-12-22(16-30)14-23(13-21)17-30/h1-9,19,21-23,32H,10-18H2,(H,33,34)(H,35,36). The highest BCUT2D eigenvalue weighted by Gasteiger charge is 2.51. The molecule has 2 aromatic carbocycles. The topological polar surface area (TPSA) is 66.0 Å². The molecule has 0 spiro atoms. The van der Waals surface area contributed by atoms with Gasteiger partial charge in [-0.1, -0.05) is 18.2 Å².